The Bertz CT molecular complexity index is 366. The maximum absolute atomic E-state index is 11.2. The molecule has 0 aromatic carbocycles. The molecule has 1 atom stereocenters. The Balaban J connectivity index is 2.58. The second-order valence-corrected chi connectivity index (χ2v) is 3.12. The van der Waals surface area contributed by atoms with E-state index >= 15 is 0 Å². The predicted octanol–water partition coefficient (Wildman–Crippen LogP) is -0.192. The topological polar surface area (TPSA) is 85.2 Å². The smallest absolute Gasteiger partial charge is 0.323 e. The lowest BCUT2D eigenvalue weighted by atomic mass is 10.1. The average Bonchev–Trinajstić information content (AvgIpc) is 2.22. The molecule has 0 bridgehead atoms. The van der Waals surface area contributed by atoms with Crippen molar-refractivity contribution in [2.24, 2.45) is 5.73 Å². The lowest BCUT2D eigenvalue weighted by molar-refractivity contribution is -0.144. The Hall–Kier alpha value is -1.62. The number of carbonyl (C=O) groups is 1. The first-order valence-corrected chi connectivity index (χ1v) is 4.73. The molecular weight excluding hydrogens is 196 g/mol. The molecule has 0 aliphatic carbocycles. The maximum Gasteiger partial charge on any atom is 0.323 e. The molecule has 0 spiro atoms. The quantitative estimate of drug-likeness (QED) is 0.674. The summed E-state index contributed by atoms with van der Waals surface area (Å²) < 4.78 is 4.76. The van der Waals surface area contributed by atoms with Gasteiger partial charge in [0, 0.05) is 12.3 Å². The van der Waals surface area contributed by atoms with Gasteiger partial charge in [0.25, 0.3) is 0 Å². The van der Waals surface area contributed by atoms with Gasteiger partial charge in [0.1, 0.15) is 6.04 Å². The minimum absolute atomic E-state index is 0.177. The van der Waals surface area contributed by atoms with Crippen molar-refractivity contribution in [3.63, 3.8) is 0 Å². The van der Waals surface area contributed by atoms with Crippen LogP contribution in [-0.2, 0) is 16.0 Å². The number of aromatic nitrogens is 1. The van der Waals surface area contributed by atoms with Crippen LogP contribution in [0, 0.1) is 0 Å². The highest BCUT2D eigenvalue weighted by atomic mass is 16.5. The number of ether oxygens (including phenoxy) is 1. The van der Waals surface area contributed by atoms with E-state index in [9.17, 15) is 9.59 Å². The van der Waals surface area contributed by atoms with Crippen LogP contribution in [0.25, 0.3) is 0 Å². The predicted molar refractivity (Wildman–Crippen MR) is 55.4 cm³/mol. The molecular formula is C10H14N2O3. The molecule has 1 heterocycles. The minimum Gasteiger partial charge on any atom is -0.465 e. The Labute approximate surface area is 87.3 Å². The van der Waals surface area contributed by atoms with Crippen LogP contribution in [0.5, 0.6) is 0 Å². The second kappa shape index (κ2) is 5.31. The summed E-state index contributed by atoms with van der Waals surface area (Å²) in [7, 11) is 0. The van der Waals surface area contributed by atoms with Gasteiger partial charge < -0.3 is 15.5 Å². The molecule has 0 aliphatic rings. The molecule has 0 saturated heterocycles. The standard InChI is InChI=1S/C10H14N2O3/c1-2-15-10(14)8(11)5-7-3-4-9(13)12-6-7/h3-4,6,8H,2,5,11H2,1H3,(H,12,13). The van der Waals surface area contributed by atoms with Crippen molar-refractivity contribution in [1.82, 2.24) is 4.98 Å². The third-order valence-electron chi connectivity index (χ3n) is 1.89. The van der Waals surface area contributed by atoms with E-state index in [4.69, 9.17) is 10.5 Å². The average molecular weight is 210 g/mol. The van der Waals surface area contributed by atoms with E-state index < -0.39 is 12.0 Å². The Morgan fingerprint density at radius 1 is 1.60 bits per heavy atom. The van der Waals surface area contributed by atoms with Crippen LogP contribution in [0.1, 0.15) is 12.5 Å². The van der Waals surface area contributed by atoms with Gasteiger partial charge in [0.2, 0.25) is 5.56 Å². The fourth-order valence-electron chi connectivity index (χ4n) is 1.16. The van der Waals surface area contributed by atoms with Gasteiger partial charge in [0.15, 0.2) is 0 Å². The summed E-state index contributed by atoms with van der Waals surface area (Å²) in [5.74, 6) is -0.427. The van der Waals surface area contributed by atoms with Crippen LogP contribution in [0.15, 0.2) is 23.1 Å². The molecule has 0 saturated carbocycles. The Morgan fingerprint density at radius 2 is 2.33 bits per heavy atom. The minimum atomic E-state index is -0.684. The summed E-state index contributed by atoms with van der Waals surface area (Å²) in [6.07, 6.45) is 1.90. The molecule has 1 rings (SSSR count). The lowest BCUT2D eigenvalue weighted by Gasteiger charge is -2.09. The van der Waals surface area contributed by atoms with Crippen LogP contribution in [-0.4, -0.2) is 23.6 Å². The van der Waals surface area contributed by atoms with Crippen molar-refractivity contribution in [1.29, 1.82) is 0 Å². The number of H-pyrrole nitrogens is 1. The number of nitrogens with two attached hydrogens (primary N) is 1. The highest BCUT2D eigenvalue weighted by Gasteiger charge is 2.14. The monoisotopic (exact) mass is 210 g/mol. The van der Waals surface area contributed by atoms with Crippen LogP contribution in [0.3, 0.4) is 0 Å². The van der Waals surface area contributed by atoms with Crippen molar-refractivity contribution in [2.75, 3.05) is 6.61 Å². The molecule has 5 heteroatoms. The maximum atomic E-state index is 11.2. The van der Waals surface area contributed by atoms with E-state index in [2.05, 4.69) is 4.98 Å². The lowest BCUT2D eigenvalue weighted by Crippen LogP contribution is -2.34. The zero-order valence-electron chi connectivity index (χ0n) is 8.53. The van der Waals surface area contributed by atoms with Crippen molar-refractivity contribution in [2.45, 2.75) is 19.4 Å². The molecule has 1 aromatic rings. The summed E-state index contributed by atoms with van der Waals surface area (Å²) in [4.78, 5) is 24.5. The fourth-order valence-corrected chi connectivity index (χ4v) is 1.16. The second-order valence-electron chi connectivity index (χ2n) is 3.12. The summed E-state index contributed by atoms with van der Waals surface area (Å²) in [5.41, 5.74) is 6.23. The molecule has 1 aromatic heterocycles. The van der Waals surface area contributed by atoms with Gasteiger partial charge in [-0.1, -0.05) is 6.07 Å². The van der Waals surface area contributed by atoms with Crippen LogP contribution in [0.2, 0.25) is 0 Å². The van der Waals surface area contributed by atoms with Crippen molar-refractivity contribution < 1.29 is 9.53 Å². The molecule has 1 unspecified atom stereocenters. The molecule has 0 aliphatic heterocycles. The number of carbonyl (C=O) groups excluding carboxylic acids is 1. The van der Waals surface area contributed by atoms with E-state index in [1.165, 1.54) is 6.07 Å². The Morgan fingerprint density at radius 3 is 2.87 bits per heavy atom. The number of esters is 1. The molecule has 15 heavy (non-hydrogen) atoms. The van der Waals surface area contributed by atoms with E-state index in [1.54, 1.807) is 19.2 Å². The van der Waals surface area contributed by atoms with Gasteiger partial charge in [-0.3, -0.25) is 9.59 Å². The van der Waals surface area contributed by atoms with Crippen molar-refractivity contribution in [3.8, 4) is 0 Å². The molecule has 0 fully saturated rings. The van der Waals surface area contributed by atoms with E-state index in [1.807, 2.05) is 0 Å². The van der Waals surface area contributed by atoms with Gasteiger partial charge in [0.05, 0.1) is 6.61 Å². The first-order valence-electron chi connectivity index (χ1n) is 4.73. The van der Waals surface area contributed by atoms with Crippen LogP contribution >= 0.6 is 0 Å². The number of rotatable bonds is 4. The first kappa shape index (κ1) is 11.5. The number of hydrogen-bond donors (Lipinski definition) is 2. The molecule has 3 N–H and O–H groups in total. The molecule has 0 amide bonds. The van der Waals surface area contributed by atoms with Gasteiger partial charge in [-0.2, -0.15) is 0 Å². The number of pyridine rings is 1. The first-order chi connectivity index (χ1) is 7.13. The normalized spacial score (nSPS) is 12.1. The third kappa shape index (κ3) is 3.55. The highest BCUT2D eigenvalue weighted by molar-refractivity contribution is 5.75. The van der Waals surface area contributed by atoms with Gasteiger partial charge >= 0.3 is 5.97 Å². The third-order valence-corrected chi connectivity index (χ3v) is 1.89. The molecule has 0 radical (unpaired) electrons. The molecule has 5 nitrogen and oxygen atoms in total. The zero-order chi connectivity index (χ0) is 11.3. The zero-order valence-corrected chi connectivity index (χ0v) is 8.53. The number of nitrogens with one attached hydrogen (secondary N) is 1. The van der Waals surface area contributed by atoms with Crippen LogP contribution < -0.4 is 11.3 Å². The van der Waals surface area contributed by atoms with E-state index in [-0.39, 0.29) is 5.56 Å². The SMILES string of the molecule is CCOC(=O)C(N)Cc1ccc(=O)[nH]c1. The summed E-state index contributed by atoms with van der Waals surface area (Å²) >= 11 is 0. The molecule has 82 valence electrons. The summed E-state index contributed by atoms with van der Waals surface area (Å²) in [6.45, 7) is 2.04. The van der Waals surface area contributed by atoms with Crippen molar-refractivity contribution in [3.05, 3.63) is 34.2 Å². The van der Waals surface area contributed by atoms with Crippen LogP contribution in [0.4, 0.5) is 0 Å². The van der Waals surface area contributed by atoms with Gasteiger partial charge in [-0.05, 0) is 18.9 Å². The van der Waals surface area contributed by atoms with E-state index in [0.717, 1.165) is 5.56 Å². The summed E-state index contributed by atoms with van der Waals surface area (Å²) in [5, 5.41) is 0. The number of hydrogen-bond acceptors (Lipinski definition) is 4. The van der Waals surface area contributed by atoms with Gasteiger partial charge in [-0.15, -0.1) is 0 Å². The van der Waals surface area contributed by atoms with Crippen molar-refractivity contribution >= 4 is 5.97 Å². The summed E-state index contributed by atoms with van der Waals surface area (Å²) in [6, 6.07) is 2.35. The fraction of sp³-hybridized carbons (Fsp3) is 0.400. The largest absolute Gasteiger partial charge is 0.465 e. The van der Waals surface area contributed by atoms with Gasteiger partial charge in [-0.25, -0.2) is 0 Å². The number of aromatic amines is 1. The Kier molecular flexibility index (Phi) is 4.05. The van der Waals surface area contributed by atoms with E-state index in [0.29, 0.717) is 13.0 Å². The highest BCUT2D eigenvalue weighted by Crippen LogP contribution is 1.99.